The average molecular weight is 257 g/mol. The predicted octanol–water partition coefficient (Wildman–Crippen LogP) is 2.33. The maximum absolute atomic E-state index is 5.62. The van der Waals surface area contributed by atoms with Gasteiger partial charge < -0.3 is 4.74 Å². The number of rotatable bonds is 6. The first-order valence-electron chi connectivity index (χ1n) is 5.35. The minimum Gasteiger partial charge on any atom is -0.374 e. The van der Waals surface area contributed by atoms with Crippen LogP contribution in [0.4, 0.5) is 0 Å². The number of hydrogen-bond acceptors (Lipinski definition) is 2. The maximum atomic E-state index is 5.62. The van der Waals surface area contributed by atoms with Gasteiger partial charge in [-0.3, -0.25) is 4.72 Å². The topological polar surface area (TPSA) is 21.3 Å². The van der Waals surface area contributed by atoms with Gasteiger partial charge in [-0.25, -0.2) is 0 Å². The van der Waals surface area contributed by atoms with Crippen molar-refractivity contribution in [3.8, 4) is 0 Å². The van der Waals surface area contributed by atoms with Gasteiger partial charge in [-0.1, -0.05) is 33.9 Å². The molecule has 1 N–H and O–H groups in total. The van der Waals surface area contributed by atoms with E-state index in [1.165, 1.54) is 11.1 Å². The zero-order valence-electron chi connectivity index (χ0n) is 10.0. The normalized spacial score (nSPS) is 13.0. The van der Waals surface area contributed by atoms with Gasteiger partial charge in [0.05, 0.1) is 12.7 Å². The van der Waals surface area contributed by atoms with Crippen LogP contribution in [0.5, 0.6) is 0 Å². The minimum atomic E-state index is -0.145. The van der Waals surface area contributed by atoms with E-state index in [2.05, 4.69) is 16.9 Å². The van der Waals surface area contributed by atoms with Gasteiger partial charge in [0, 0.05) is 6.54 Å². The van der Waals surface area contributed by atoms with Crippen LogP contribution in [0.1, 0.15) is 25.0 Å². The molecule has 0 aliphatic heterocycles. The zero-order chi connectivity index (χ0) is 12.0. The molecule has 16 heavy (non-hydrogen) atoms. The van der Waals surface area contributed by atoms with E-state index in [1.807, 2.05) is 32.2 Å². The molecule has 0 bridgehead atoms. The van der Waals surface area contributed by atoms with Crippen LogP contribution in [0.2, 0.25) is 0 Å². The molecular formula is C12H19NOS2. The first kappa shape index (κ1) is 13.8. The summed E-state index contributed by atoms with van der Waals surface area (Å²) in [7, 11) is -0.145. The highest BCUT2D eigenvalue weighted by molar-refractivity contribution is 8.27. The fourth-order valence-corrected chi connectivity index (χ4v) is 1.84. The van der Waals surface area contributed by atoms with Gasteiger partial charge in [-0.05, 0) is 42.4 Å². The monoisotopic (exact) mass is 257 g/mol. The zero-order valence-corrected chi connectivity index (χ0v) is 11.7. The molecule has 0 heterocycles. The highest BCUT2D eigenvalue weighted by Gasteiger charge is 2.02. The fraction of sp³-hybridized carbons (Fsp3) is 0.500. The van der Waals surface area contributed by atoms with Crippen LogP contribution < -0.4 is 4.72 Å². The lowest BCUT2D eigenvalue weighted by atomic mass is 10.1. The van der Waals surface area contributed by atoms with E-state index in [0.29, 0.717) is 6.61 Å². The Balaban J connectivity index is 2.63. The number of nitrogens with one attached hydrogen (secondary N) is 1. The van der Waals surface area contributed by atoms with E-state index in [0.717, 1.165) is 6.54 Å². The third-order valence-corrected chi connectivity index (χ3v) is 3.06. The SMILES string of the molecule is CC(C)OCc1ccccc1CNS(C)=S. The smallest absolute Gasteiger partial charge is 0.0723 e. The Morgan fingerprint density at radius 3 is 2.50 bits per heavy atom. The average Bonchev–Trinajstić information content (AvgIpc) is 2.24. The predicted molar refractivity (Wildman–Crippen MR) is 73.9 cm³/mol. The Labute approximate surface area is 105 Å². The molecule has 1 atom stereocenters. The lowest BCUT2D eigenvalue weighted by Gasteiger charge is -2.12. The molecule has 1 rings (SSSR count). The third-order valence-electron chi connectivity index (χ3n) is 2.16. The molecule has 0 aliphatic rings. The van der Waals surface area contributed by atoms with Gasteiger partial charge in [-0.15, -0.1) is 0 Å². The van der Waals surface area contributed by atoms with Gasteiger partial charge >= 0.3 is 0 Å². The molecular weight excluding hydrogens is 238 g/mol. The summed E-state index contributed by atoms with van der Waals surface area (Å²) in [6.45, 7) is 5.59. The number of benzene rings is 1. The standard InChI is InChI=1S/C12H19NOS2/c1-10(2)14-9-12-7-5-4-6-11(12)8-13-16(3)15/h4-7,10,13H,8-9H2,1-3H3. The van der Waals surface area contributed by atoms with Crippen LogP contribution in [0.15, 0.2) is 24.3 Å². The van der Waals surface area contributed by atoms with Gasteiger partial charge in [0.1, 0.15) is 0 Å². The molecule has 0 radical (unpaired) electrons. The molecule has 1 unspecified atom stereocenters. The van der Waals surface area contributed by atoms with Crippen molar-refractivity contribution in [3.63, 3.8) is 0 Å². The summed E-state index contributed by atoms with van der Waals surface area (Å²) in [5.41, 5.74) is 2.51. The Bertz CT molecular complexity index is 353. The van der Waals surface area contributed by atoms with E-state index in [1.54, 1.807) is 0 Å². The molecule has 0 spiro atoms. The summed E-state index contributed by atoms with van der Waals surface area (Å²) in [6, 6.07) is 8.32. The first-order chi connectivity index (χ1) is 7.59. The van der Waals surface area contributed by atoms with E-state index < -0.39 is 0 Å². The minimum absolute atomic E-state index is 0.145. The summed E-state index contributed by atoms with van der Waals surface area (Å²) in [5.74, 6) is 0. The fourth-order valence-electron chi connectivity index (χ4n) is 1.31. The second kappa shape index (κ2) is 7.12. The van der Waals surface area contributed by atoms with Gasteiger partial charge in [0.25, 0.3) is 0 Å². The molecule has 0 fully saturated rings. The number of hydrogen-bond donors (Lipinski definition) is 1. The molecule has 0 saturated heterocycles. The van der Waals surface area contributed by atoms with Crippen LogP contribution in [0.3, 0.4) is 0 Å². The number of ether oxygens (including phenoxy) is 1. The second-order valence-electron chi connectivity index (χ2n) is 3.90. The van der Waals surface area contributed by atoms with Crippen molar-refractivity contribution in [3.05, 3.63) is 35.4 Å². The van der Waals surface area contributed by atoms with Crippen LogP contribution in [0.25, 0.3) is 0 Å². The quantitative estimate of drug-likeness (QED) is 0.845. The van der Waals surface area contributed by atoms with Crippen LogP contribution >= 0.6 is 0 Å². The van der Waals surface area contributed by atoms with Gasteiger partial charge in [-0.2, -0.15) is 0 Å². The molecule has 2 nitrogen and oxygen atoms in total. The van der Waals surface area contributed by atoms with E-state index in [-0.39, 0.29) is 15.7 Å². The van der Waals surface area contributed by atoms with E-state index >= 15 is 0 Å². The van der Waals surface area contributed by atoms with Gasteiger partial charge in [0.2, 0.25) is 0 Å². The van der Waals surface area contributed by atoms with Crippen molar-refractivity contribution >= 4 is 20.8 Å². The summed E-state index contributed by atoms with van der Waals surface area (Å²) >= 11 is 5.11. The summed E-state index contributed by atoms with van der Waals surface area (Å²) in [6.07, 6.45) is 2.27. The Morgan fingerprint density at radius 2 is 1.94 bits per heavy atom. The van der Waals surface area contributed by atoms with Crippen molar-refractivity contribution in [1.82, 2.24) is 4.72 Å². The van der Waals surface area contributed by atoms with Crippen molar-refractivity contribution in [2.75, 3.05) is 6.26 Å². The molecule has 0 aliphatic carbocycles. The summed E-state index contributed by atoms with van der Waals surface area (Å²) in [5, 5.41) is 0. The van der Waals surface area contributed by atoms with Gasteiger partial charge in [0.15, 0.2) is 0 Å². The Morgan fingerprint density at radius 1 is 1.31 bits per heavy atom. The molecule has 1 aromatic carbocycles. The molecule has 1 aromatic rings. The molecule has 0 aromatic heterocycles. The van der Waals surface area contributed by atoms with E-state index in [4.69, 9.17) is 15.9 Å². The van der Waals surface area contributed by atoms with Crippen LogP contribution in [-0.2, 0) is 38.7 Å². The van der Waals surface area contributed by atoms with Crippen LogP contribution in [0, 0.1) is 0 Å². The molecule has 0 saturated carbocycles. The van der Waals surface area contributed by atoms with Crippen molar-refractivity contribution in [2.24, 2.45) is 0 Å². The first-order valence-corrected chi connectivity index (χ1v) is 7.90. The second-order valence-corrected chi connectivity index (χ2v) is 6.60. The molecule has 90 valence electrons. The van der Waals surface area contributed by atoms with Crippen LogP contribution in [-0.4, -0.2) is 12.4 Å². The molecule has 4 heteroatoms. The summed E-state index contributed by atoms with van der Waals surface area (Å²) in [4.78, 5) is 0. The highest BCUT2D eigenvalue weighted by atomic mass is 32.8. The van der Waals surface area contributed by atoms with Crippen molar-refractivity contribution in [1.29, 1.82) is 0 Å². The Hall–Kier alpha value is -0.290. The Kier molecular flexibility index (Phi) is 6.13. The summed E-state index contributed by atoms with van der Waals surface area (Å²) < 4.78 is 8.90. The third kappa shape index (κ3) is 5.16. The van der Waals surface area contributed by atoms with Crippen molar-refractivity contribution in [2.45, 2.75) is 33.1 Å². The largest absolute Gasteiger partial charge is 0.374 e. The highest BCUT2D eigenvalue weighted by Crippen LogP contribution is 2.11. The lowest BCUT2D eigenvalue weighted by Crippen LogP contribution is -2.15. The maximum Gasteiger partial charge on any atom is 0.0723 e. The molecule has 0 amide bonds. The van der Waals surface area contributed by atoms with E-state index in [9.17, 15) is 0 Å². The lowest BCUT2D eigenvalue weighted by molar-refractivity contribution is 0.0652. The van der Waals surface area contributed by atoms with Crippen molar-refractivity contribution < 1.29 is 4.74 Å².